The van der Waals surface area contributed by atoms with Crippen LogP contribution in [0.2, 0.25) is 0 Å². The van der Waals surface area contributed by atoms with Gasteiger partial charge in [-0.25, -0.2) is 0 Å². The quantitative estimate of drug-likeness (QED) is 0.200. The molecule has 2 aromatic rings. The van der Waals surface area contributed by atoms with Gasteiger partial charge in [-0.05, 0) is 56.0 Å². The van der Waals surface area contributed by atoms with Crippen molar-refractivity contribution in [2.75, 3.05) is 33.5 Å². The number of ketones is 1. The second-order valence-corrected chi connectivity index (χ2v) is 7.77. The predicted molar refractivity (Wildman–Crippen MR) is 136 cm³/mol. The van der Waals surface area contributed by atoms with E-state index in [0.29, 0.717) is 66.3 Å². The van der Waals surface area contributed by atoms with E-state index in [2.05, 4.69) is 0 Å². The highest BCUT2D eigenvalue weighted by Gasteiger charge is 2.17. The Morgan fingerprint density at radius 3 is 2.03 bits per heavy atom. The lowest BCUT2D eigenvalue weighted by Crippen LogP contribution is -2.06. The van der Waals surface area contributed by atoms with E-state index in [1.165, 1.54) is 6.08 Å². The molecule has 34 heavy (non-hydrogen) atoms. The van der Waals surface area contributed by atoms with E-state index in [4.69, 9.17) is 23.7 Å². The van der Waals surface area contributed by atoms with Crippen molar-refractivity contribution < 1.29 is 28.5 Å². The van der Waals surface area contributed by atoms with Gasteiger partial charge >= 0.3 is 0 Å². The van der Waals surface area contributed by atoms with Gasteiger partial charge in [-0.15, -0.1) is 0 Å². The van der Waals surface area contributed by atoms with Crippen molar-refractivity contribution in [1.82, 2.24) is 0 Å². The third-order valence-corrected chi connectivity index (χ3v) is 4.77. The number of ether oxygens (including phenoxy) is 5. The summed E-state index contributed by atoms with van der Waals surface area (Å²) in [5, 5.41) is 0. The lowest BCUT2D eigenvalue weighted by molar-refractivity contribution is 0.104. The van der Waals surface area contributed by atoms with Gasteiger partial charge in [-0.1, -0.05) is 33.8 Å². The Hall–Kier alpha value is -3.15. The maximum atomic E-state index is 13.2. The summed E-state index contributed by atoms with van der Waals surface area (Å²) in [7, 11) is 1.59. The fraction of sp³-hybridized carbons (Fsp3) is 0.464. The van der Waals surface area contributed by atoms with E-state index >= 15 is 0 Å². The van der Waals surface area contributed by atoms with Gasteiger partial charge in [0, 0.05) is 11.6 Å². The van der Waals surface area contributed by atoms with Crippen molar-refractivity contribution in [3.05, 3.63) is 47.5 Å². The summed E-state index contributed by atoms with van der Waals surface area (Å²) in [5.74, 6) is 2.69. The van der Waals surface area contributed by atoms with Crippen LogP contribution in [0, 0.1) is 0 Å². The molecule has 0 fully saturated rings. The van der Waals surface area contributed by atoms with Crippen LogP contribution < -0.4 is 23.7 Å². The first-order chi connectivity index (χ1) is 16.6. The number of carbonyl (C=O) groups excluding carboxylic acids is 1. The average molecular weight is 471 g/mol. The summed E-state index contributed by atoms with van der Waals surface area (Å²) in [6.07, 6.45) is 6.68. The van der Waals surface area contributed by atoms with Crippen LogP contribution in [0.5, 0.6) is 28.7 Å². The fourth-order valence-electron chi connectivity index (χ4n) is 3.18. The number of hydrogen-bond acceptors (Lipinski definition) is 6. The van der Waals surface area contributed by atoms with Gasteiger partial charge in [0.25, 0.3) is 0 Å². The molecule has 6 heteroatoms. The molecule has 0 radical (unpaired) electrons. The molecular weight excluding hydrogens is 432 g/mol. The summed E-state index contributed by atoms with van der Waals surface area (Å²) in [6.45, 7) is 10.3. The molecule has 186 valence electrons. The van der Waals surface area contributed by atoms with Crippen LogP contribution in [0.3, 0.4) is 0 Å². The van der Waals surface area contributed by atoms with E-state index in [1.54, 1.807) is 19.3 Å². The molecule has 0 aliphatic heterocycles. The molecule has 0 bridgehead atoms. The second kappa shape index (κ2) is 14.9. The Morgan fingerprint density at radius 1 is 0.765 bits per heavy atom. The van der Waals surface area contributed by atoms with Crippen molar-refractivity contribution in [1.29, 1.82) is 0 Å². The number of rotatable bonds is 16. The monoisotopic (exact) mass is 470 g/mol. The van der Waals surface area contributed by atoms with Crippen LogP contribution in [0.4, 0.5) is 0 Å². The van der Waals surface area contributed by atoms with Crippen LogP contribution in [0.1, 0.15) is 69.3 Å². The first kappa shape index (κ1) is 27.1. The molecule has 0 spiro atoms. The second-order valence-electron chi connectivity index (χ2n) is 7.77. The SMILES string of the molecule is CCCOc1cc(/C=C/C(=O)c2cccc(OCCC)c2OCCC)c(OCCC)c(OC)c1. The van der Waals surface area contributed by atoms with Crippen molar-refractivity contribution in [3.63, 3.8) is 0 Å². The van der Waals surface area contributed by atoms with Crippen molar-refractivity contribution >= 4 is 11.9 Å². The molecule has 0 amide bonds. The number of benzene rings is 2. The average Bonchev–Trinajstić information content (AvgIpc) is 2.86. The molecule has 0 unspecified atom stereocenters. The number of hydrogen-bond donors (Lipinski definition) is 0. The number of para-hydroxylation sites is 1. The fourth-order valence-corrected chi connectivity index (χ4v) is 3.18. The third-order valence-electron chi connectivity index (χ3n) is 4.77. The Bertz CT molecular complexity index is 935. The molecule has 2 aromatic carbocycles. The summed E-state index contributed by atoms with van der Waals surface area (Å²) in [5.41, 5.74) is 1.17. The highest BCUT2D eigenvalue weighted by atomic mass is 16.5. The molecule has 0 aliphatic rings. The molecule has 0 saturated carbocycles. The third kappa shape index (κ3) is 7.72. The summed E-state index contributed by atoms with van der Waals surface area (Å²) >= 11 is 0. The summed E-state index contributed by atoms with van der Waals surface area (Å²) < 4.78 is 29.1. The molecule has 0 atom stereocenters. The zero-order chi connectivity index (χ0) is 24.8. The standard InChI is InChI=1S/C28H38O6/c1-6-15-31-22-19-21(27(33-17-8-3)26(20-22)30-5)13-14-24(29)23-11-10-12-25(32-16-7-2)28(23)34-18-9-4/h10-14,19-20H,6-9,15-18H2,1-5H3/b14-13+. The summed E-state index contributed by atoms with van der Waals surface area (Å²) in [6, 6.07) is 9.07. The number of allylic oxidation sites excluding steroid dienone is 1. The predicted octanol–water partition coefficient (Wildman–Crippen LogP) is 6.75. The van der Waals surface area contributed by atoms with Gasteiger partial charge in [0.1, 0.15) is 5.75 Å². The minimum absolute atomic E-state index is 0.187. The molecular formula is C28H38O6. The molecule has 2 rings (SSSR count). The van der Waals surface area contributed by atoms with E-state index < -0.39 is 0 Å². The maximum Gasteiger partial charge on any atom is 0.189 e. The highest BCUT2D eigenvalue weighted by Crippen LogP contribution is 2.37. The van der Waals surface area contributed by atoms with E-state index in [-0.39, 0.29) is 5.78 Å². The normalized spacial score (nSPS) is 10.9. The molecule has 0 saturated heterocycles. The lowest BCUT2D eigenvalue weighted by atomic mass is 10.1. The van der Waals surface area contributed by atoms with Crippen LogP contribution in [0.25, 0.3) is 6.08 Å². The zero-order valence-electron chi connectivity index (χ0n) is 21.1. The number of carbonyl (C=O) groups is 1. The van der Waals surface area contributed by atoms with Crippen LogP contribution >= 0.6 is 0 Å². The largest absolute Gasteiger partial charge is 0.493 e. The van der Waals surface area contributed by atoms with Gasteiger partial charge in [0.05, 0.1) is 39.1 Å². The Labute approximate surface area is 203 Å². The summed E-state index contributed by atoms with van der Waals surface area (Å²) in [4.78, 5) is 13.2. The van der Waals surface area contributed by atoms with Crippen LogP contribution in [-0.4, -0.2) is 39.3 Å². The molecule has 0 heterocycles. The van der Waals surface area contributed by atoms with E-state index in [1.807, 2.05) is 52.0 Å². The number of methoxy groups -OCH3 is 1. The Balaban J connectivity index is 2.43. The maximum absolute atomic E-state index is 13.2. The van der Waals surface area contributed by atoms with Gasteiger partial charge < -0.3 is 23.7 Å². The Morgan fingerprint density at radius 2 is 1.38 bits per heavy atom. The van der Waals surface area contributed by atoms with Crippen molar-refractivity contribution in [2.45, 2.75) is 53.4 Å². The highest BCUT2D eigenvalue weighted by molar-refractivity contribution is 6.09. The molecule has 0 aliphatic carbocycles. The minimum Gasteiger partial charge on any atom is -0.493 e. The zero-order valence-corrected chi connectivity index (χ0v) is 21.1. The molecule has 0 N–H and O–H groups in total. The van der Waals surface area contributed by atoms with E-state index in [9.17, 15) is 4.79 Å². The Kier molecular flexibility index (Phi) is 11.9. The van der Waals surface area contributed by atoms with Gasteiger partial charge in [-0.3, -0.25) is 4.79 Å². The topological polar surface area (TPSA) is 63.2 Å². The first-order valence-corrected chi connectivity index (χ1v) is 12.2. The molecule has 0 aromatic heterocycles. The van der Waals surface area contributed by atoms with Crippen LogP contribution in [-0.2, 0) is 0 Å². The van der Waals surface area contributed by atoms with Crippen molar-refractivity contribution in [2.24, 2.45) is 0 Å². The van der Waals surface area contributed by atoms with Gasteiger partial charge in [0.2, 0.25) is 0 Å². The lowest BCUT2D eigenvalue weighted by Gasteiger charge is -2.16. The van der Waals surface area contributed by atoms with E-state index in [0.717, 1.165) is 25.7 Å². The minimum atomic E-state index is -0.187. The van der Waals surface area contributed by atoms with Crippen molar-refractivity contribution in [3.8, 4) is 28.7 Å². The smallest absolute Gasteiger partial charge is 0.189 e. The molecule has 6 nitrogen and oxygen atoms in total. The van der Waals surface area contributed by atoms with Gasteiger partial charge in [0.15, 0.2) is 28.8 Å². The van der Waals surface area contributed by atoms with Gasteiger partial charge in [-0.2, -0.15) is 0 Å². The first-order valence-electron chi connectivity index (χ1n) is 12.2. The van der Waals surface area contributed by atoms with Crippen LogP contribution in [0.15, 0.2) is 36.4 Å².